The number of rotatable bonds is 6. The predicted molar refractivity (Wildman–Crippen MR) is 95.9 cm³/mol. The van der Waals surface area contributed by atoms with E-state index in [4.69, 9.17) is 14.7 Å². The van der Waals surface area contributed by atoms with Crippen LogP contribution in [0, 0.1) is 11.3 Å². The summed E-state index contributed by atoms with van der Waals surface area (Å²) in [5, 5.41) is 11.3. The third kappa shape index (κ3) is 5.14. The fourth-order valence-corrected chi connectivity index (χ4v) is 2.17. The minimum Gasteiger partial charge on any atom is -0.493 e. The van der Waals surface area contributed by atoms with Gasteiger partial charge in [-0.3, -0.25) is 4.79 Å². The van der Waals surface area contributed by atoms with E-state index in [0.717, 1.165) is 10.0 Å². The van der Waals surface area contributed by atoms with Gasteiger partial charge in [0.25, 0.3) is 0 Å². The minimum atomic E-state index is -0.235. The monoisotopic (exact) mass is 386 g/mol. The Kier molecular flexibility index (Phi) is 6.41. The van der Waals surface area contributed by atoms with Crippen LogP contribution in [-0.4, -0.2) is 19.6 Å². The van der Waals surface area contributed by atoms with Crippen molar-refractivity contribution in [2.24, 2.45) is 0 Å². The SMILES string of the molecule is COc1cc(/C=C/C(=O)Nc2ccc(Br)cc2)ccc1OCC#N. The van der Waals surface area contributed by atoms with Gasteiger partial charge >= 0.3 is 0 Å². The quantitative estimate of drug-likeness (QED) is 0.761. The highest BCUT2D eigenvalue weighted by molar-refractivity contribution is 9.10. The molecule has 5 nitrogen and oxygen atoms in total. The highest BCUT2D eigenvalue weighted by Crippen LogP contribution is 2.28. The molecule has 0 heterocycles. The topological polar surface area (TPSA) is 71.3 Å². The summed E-state index contributed by atoms with van der Waals surface area (Å²) in [6.45, 7) is -0.0544. The van der Waals surface area contributed by atoms with Gasteiger partial charge in [0, 0.05) is 16.2 Å². The van der Waals surface area contributed by atoms with Crippen LogP contribution in [0.3, 0.4) is 0 Å². The average molecular weight is 387 g/mol. The zero-order valence-corrected chi connectivity index (χ0v) is 14.5. The summed E-state index contributed by atoms with van der Waals surface area (Å²) in [6, 6.07) is 14.4. The number of benzene rings is 2. The summed E-state index contributed by atoms with van der Waals surface area (Å²) < 4.78 is 11.4. The molecular weight excluding hydrogens is 372 g/mol. The number of carbonyl (C=O) groups is 1. The maximum Gasteiger partial charge on any atom is 0.248 e. The van der Waals surface area contributed by atoms with Crippen molar-refractivity contribution in [1.82, 2.24) is 0 Å². The number of halogens is 1. The number of amides is 1. The summed E-state index contributed by atoms with van der Waals surface area (Å²) in [5.74, 6) is 0.748. The highest BCUT2D eigenvalue weighted by Gasteiger charge is 2.05. The van der Waals surface area contributed by atoms with Crippen LogP contribution in [-0.2, 0) is 4.79 Å². The molecule has 24 heavy (non-hydrogen) atoms. The van der Waals surface area contributed by atoms with Gasteiger partial charge < -0.3 is 14.8 Å². The van der Waals surface area contributed by atoms with Crippen LogP contribution in [0.5, 0.6) is 11.5 Å². The van der Waals surface area contributed by atoms with Gasteiger partial charge in [-0.25, -0.2) is 0 Å². The number of hydrogen-bond acceptors (Lipinski definition) is 4. The van der Waals surface area contributed by atoms with Gasteiger partial charge in [-0.15, -0.1) is 0 Å². The number of anilines is 1. The molecule has 0 saturated heterocycles. The molecule has 0 unspecified atom stereocenters. The Hall–Kier alpha value is -2.78. The summed E-state index contributed by atoms with van der Waals surface area (Å²) in [4.78, 5) is 11.9. The number of nitriles is 1. The normalized spacial score (nSPS) is 10.2. The van der Waals surface area contributed by atoms with E-state index in [1.54, 1.807) is 36.4 Å². The van der Waals surface area contributed by atoms with E-state index in [-0.39, 0.29) is 12.5 Å². The molecule has 1 N–H and O–H groups in total. The van der Waals surface area contributed by atoms with Crippen molar-refractivity contribution in [3.63, 3.8) is 0 Å². The first-order valence-electron chi connectivity index (χ1n) is 7.05. The largest absolute Gasteiger partial charge is 0.493 e. The molecule has 0 bridgehead atoms. The summed E-state index contributed by atoms with van der Waals surface area (Å²) in [6.07, 6.45) is 3.11. The van der Waals surface area contributed by atoms with Gasteiger partial charge in [0.05, 0.1) is 7.11 Å². The third-order valence-electron chi connectivity index (χ3n) is 3.02. The second kappa shape index (κ2) is 8.75. The maximum absolute atomic E-state index is 11.9. The molecule has 0 fully saturated rings. The van der Waals surface area contributed by atoms with Gasteiger partial charge in [0.2, 0.25) is 5.91 Å². The molecule has 0 atom stereocenters. The molecule has 0 aromatic heterocycles. The highest BCUT2D eigenvalue weighted by atomic mass is 79.9. The lowest BCUT2D eigenvalue weighted by Gasteiger charge is -2.08. The van der Waals surface area contributed by atoms with Crippen molar-refractivity contribution in [1.29, 1.82) is 5.26 Å². The van der Waals surface area contributed by atoms with Crippen molar-refractivity contribution >= 4 is 33.6 Å². The lowest BCUT2D eigenvalue weighted by atomic mass is 10.2. The third-order valence-corrected chi connectivity index (χ3v) is 3.55. The smallest absolute Gasteiger partial charge is 0.248 e. The Bertz CT molecular complexity index is 780. The van der Waals surface area contributed by atoms with Crippen LogP contribution in [0.4, 0.5) is 5.69 Å². The van der Waals surface area contributed by atoms with Crippen LogP contribution < -0.4 is 14.8 Å². The van der Waals surface area contributed by atoms with Crippen LogP contribution >= 0.6 is 15.9 Å². The Labute approximate surface area is 148 Å². The summed E-state index contributed by atoms with van der Waals surface area (Å²) in [5.41, 5.74) is 1.49. The van der Waals surface area contributed by atoms with E-state index in [9.17, 15) is 4.79 Å². The molecule has 2 rings (SSSR count). The fourth-order valence-electron chi connectivity index (χ4n) is 1.91. The lowest BCUT2D eigenvalue weighted by molar-refractivity contribution is -0.111. The first-order valence-corrected chi connectivity index (χ1v) is 7.84. The molecule has 0 saturated carbocycles. The second-order valence-electron chi connectivity index (χ2n) is 4.69. The van der Waals surface area contributed by atoms with Crippen molar-refractivity contribution in [2.75, 3.05) is 19.0 Å². The van der Waals surface area contributed by atoms with E-state index >= 15 is 0 Å². The lowest BCUT2D eigenvalue weighted by Crippen LogP contribution is -2.07. The second-order valence-corrected chi connectivity index (χ2v) is 5.60. The van der Waals surface area contributed by atoms with Gasteiger partial charge in [-0.2, -0.15) is 5.26 Å². The summed E-state index contributed by atoms with van der Waals surface area (Å²) >= 11 is 3.34. The van der Waals surface area contributed by atoms with E-state index in [1.807, 2.05) is 18.2 Å². The van der Waals surface area contributed by atoms with Gasteiger partial charge in [0.1, 0.15) is 6.07 Å². The fraction of sp³-hybridized carbons (Fsp3) is 0.111. The first kappa shape index (κ1) is 17.6. The number of nitrogens with one attached hydrogen (secondary N) is 1. The van der Waals surface area contributed by atoms with E-state index in [0.29, 0.717) is 17.2 Å². The summed E-state index contributed by atoms with van der Waals surface area (Å²) in [7, 11) is 1.52. The molecule has 0 aliphatic rings. The van der Waals surface area contributed by atoms with Gasteiger partial charge in [-0.05, 0) is 48.0 Å². The number of nitrogens with zero attached hydrogens (tertiary/aromatic N) is 1. The zero-order chi connectivity index (χ0) is 17.4. The molecule has 2 aromatic carbocycles. The number of hydrogen-bond donors (Lipinski definition) is 1. The van der Waals surface area contributed by atoms with E-state index in [1.165, 1.54) is 13.2 Å². The molecular formula is C18H15BrN2O3. The van der Waals surface area contributed by atoms with E-state index < -0.39 is 0 Å². The predicted octanol–water partition coefficient (Wildman–Crippen LogP) is 4.01. The molecule has 122 valence electrons. The Morgan fingerprint density at radius 3 is 2.67 bits per heavy atom. The minimum absolute atomic E-state index is 0.0544. The molecule has 0 aliphatic heterocycles. The van der Waals surface area contributed by atoms with Crippen molar-refractivity contribution in [3.8, 4) is 17.6 Å². The Balaban J connectivity index is 2.03. The van der Waals surface area contributed by atoms with Crippen LogP contribution in [0.15, 0.2) is 53.0 Å². The molecule has 0 aliphatic carbocycles. The molecule has 0 radical (unpaired) electrons. The van der Waals surface area contributed by atoms with Gasteiger partial charge in [0.15, 0.2) is 18.1 Å². The van der Waals surface area contributed by atoms with Crippen molar-refractivity contribution < 1.29 is 14.3 Å². The first-order chi connectivity index (χ1) is 11.6. The van der Waals surface area contributed by atoms with Gasteiger partial charge in [-0.1, -0.05) is 22.0 Å². The van der Waals surface area contributed by atoms with Crippen LogP contribution in [0.25, 0.3) is 6.08 Å². The number of methoxy groups -OCH3 is 1. The number of carbonyl (C=O) groups excluding carboxylic acids is 1. The van der Waals surface area contributed by atoms with E-state index in [2.05, 4.69) is 21.2 Å². The molecule has 0 spiro atoms. The maximum atomic E-state index is 11.9. The molecule has 6 heteroatoms. The van der Waals surface area contributed by atoms with Crippen LogP contribution in [0.2, 0.25) is 0 Å². The number of ether oxygens (including phenoxy) is 2. The molecule has 2 aromatic rings. The Morgan fingerprint density at radius 2 is 2.00 bits per heavy atom. The van der Waals surface area contributed by atoms with Crippen LogP contribution in [0.1, 0.15) is 5.56 Å². The van der Waals surface area contributed by atoms with Crippen molar-refractivity contribution in [3.05, 3.63) is 58.6 Å². The van der Waals surface area contributed by atoms with Crippen molar-refractivity contribution in [2.45, 2.75) is 0 Å². The average Bonchev–Trinajstić information content (AvgIpc) is 2.60. The standard InChI is InChI=1S/C18H15BrN2O3/c1-23-17-12-13(2-8-16(17)24-11-10-20)3-9-18(22)21-15-6-4-14(19)5-7-15/h2-9,12H,11H2,1H3,(H,21,22)/b9-3+. The molecule has 1 amide bonds. The Morgan fingerprint density at radius 1 is 1.25 bits per heavy atom. The zero-order valence-electron chi connectivity index (χ0n) is 13.0.